The molecule has 0 saturated heterocycles. The van der Waals surface area contributed by atoms with Gasteiger partial charge in [-0.3, -0.25) is 0 Å². The highest BCUT2D eigenvalue weighted by molar-refractivity contribution is 6.31. The van der Waals surface area contributed by atoms with Crippen molar-refractivity contribution in [1.82, 2.24) is 4.98 Å². The summed E-state index contributed by atoms with van der Waals surface area (Å²) in [5.41, 5.74) is 2.01. The molecule has 4 heteroatoms. The number of aromatic amines is 1. The molecule has 1 N–H and O–H groups in total. The number of benzene rings is 2. The topological polar surface area (TPSA) is 25.0 Å². The minimum atomic E-state index is -0.269. The Morgan fingerprint density at radius 3 is 2.68 bits per heavy atom. The molecule has 0 radical (unpaired) electrons. The largest absolute Gasteiger partial charge is 0.489 e. The number of rotatable bonds is 3. The molecule has 0 aliphatic carbocycles. The van der Waals surface area contributed by atoms with Gasteiger partial charge >= 0.3 is 0 Å². The number of H-pyrrole nitrogens is 1. The summed E-state index contributed by atoms with van der Waals surface area (Å²) < 4.78 is 18.4. The molecule has 0 aliphatic heterocycles. The molecule has 2 nitrogen and oxygen atoms in total. The van der Waals surface area contributed by atoms with Crippen LogP contribution in [0.2, 0.25) is 5.02 Å². The molecular weight excluding hydrogens is 265 g/mol. The summed E-state index contributed by atoms with van der Waals surface area (Å²) in [4.78, 5) is 3.15. The lowest BCUT2D eigenvalue weighted by Crippen LogP contribution is -1.94. The van der Waals surface area contributed by atoms with Crippen LogP contribution < -0.4 is 4.74 Å². The van der Waals surface area contributed by atoms with E-state index >= 15 is 0 Å². The van der Waals surface area contributed by atoms with Crippen LogP contribution >= 0.6 is 11.6 Å². The quantitative estimate of drug-likeness (QED) is 0.746. The van der Waals surface area contributed by atoms with Crippen LogP contribution in [-0.4, -0.2) is 4.98 Å². The lowest BCUT2D eigenvalue weighted by molar-refractivity contribution is 0.307. The second kappa shape index (κ2) is 4.94. The zero-order valence-electron chi connectivity index (χ0n) is 9.99. The van der Waals surface area contributed by atoms with Crippen molar-refractivity contribution in [3.63, 3.8) is 0 Å². The summed E-state index contributed by atoms with van der Waals surface area (Å²) in [6.07, 6.45) is 1.89. The fraction of sp³-hybridized carbons (Fsp3) is 0.0667. The Bertz CT molecular complexity index is 706. The number of ether oxygens (including phenoxy) is 1. The van der Waals surface area contributed by atoms with E-state index in [1.54, 1.807) is 12.1 Å². The zero-order chi connectivity index (χ0) is 13.2. The van der Waals surface area contributed by atoms with Gasteiger partial charge in [0, 0.05) is 27.7 Å². The summed E-state index contributed by atoms with van der Waals surface area (Å²) in [5.74, 6) is 0.374. The molecule has 2 aromatic carbocycles. The Hall–Kier alpha value is -2.00. The van der Waals surface area contributed by atoms with Gasteiger partial charge in [0.1, 0.15) is 18.2 Å². The van der Waals surface area contributed by atoms with Crippen LogP contribution in [-0.2, 0) is 6.61 Å². The van der Waals surface area contributed by atoms with E-state index in [0.29, 0.717) is 17.4 Å². The minimum absolute atomic E-state index is 0.269. The van der Waals surface area contributed by atoms with E-state index in [9.17, 15) is 4.39 Å². The third kappa shape index (κ3) is 2.56. The highest BCUT2D eigenvalue weighted by atomic mass is 35.5. The zero-order valence-corrected chi connectivity index (χ0v) is 10.7. The molecule has 3 rings (SSSR count). The van der Waals surface area contributed by atoms with E-state index in [-0.39, 0.29) is 5.82 Å². The first-order chi connectivity index (χ1) is 9.22. The van der Waals surface area contributed by atoms with Gasteiger partial charge in [-0.25, -0.2) is 4.39 Å². The van der Waals surface area contributed by atoms with Crippen LogP contribution in [0.4, 0.5) is 4.39 Å². The number of aromatic nitrogens is 1. The molecule has 0 spiro atoms. The van der Waals surface area contributed by atoms with Crippen LogP contribution in [0, 0.1) is 5.82 Å². The van der Waals surface area contributed by atoms with E-state index in [4.69, 9.17) is 16.3 Å². The van der Waals surface area contributed by atoms with Gasteiger partial charge in [-0.05, 0) is 36.4 Å². The monoisotopic (exact) mass is 275 g/mol. The molecular formula is C15H11ClFNO. The van der Waals surface area contributed by atoms with Crippen LogP contribution in [0.15, 0.2) is 48.7 Å². The van der Waals surface area contributed by atoms with Crippen LogP contribution in [0.5, 0.6) is 5.75 Å². The average molecular weight is 276 g/mol. The van der Waals surface area contributed by atoms with Gasteiger partial charge in [0.2, 0.25) is 0 Å². The van der Waals surface area contributed by atoms with E-state index in [0.717, 1.165) is 16.5 Å². The predicted octanol–water partition coefficient (Wildman–Crippen LogP) is 4.54. The first-order valence-electron chi connectivity index (χ1n) is 5.86. The number of halogens is 2. The van der Waals surface area contributed by atoms with Crippen molar-refractivity contribution >= 4 is 22.5 Å². The Balaban J connectivity index is 1.80. The van der Waals surface area contributed by atoms with Crippen LogP contribution in [0.25, 0.3) is 10.9 Å². The summed E-state index contributed by atoms with van der Waals surface area (Å²) in [5, 5.41) is 1.77. The third-order valence-electron chi connectivity index (χ3n) is 2.94. The molecule has 3 aromatic rings. The fourth-order valence-electron chi connectivity index (χ4n) is 1.97. The molecule has 1 aromatic heterocycles. The average Bonchev–Trinajstić information content (AvgIpc) is 2.80. The minimum Gasteiger partial charge on any atom is -0.489 e. The maximum absolute atomic E-state index is 12.8. The van der Waals surface area contributed by atoms with Crippen molar-refractivity contribution in [2.75, 3.05) is 0 Å². The molecule has 0 fully saturated rings. The molecule has 1 heterocycles. The van der Waals surface area contributed by atoms with Gasteiger partial charge < -0.3 is 9.72 Å². The molecule has 19 heavy (non-hydrogen) atoms. The second-order valence-electron chi connectivity index (χ2n) is 4.25. The van der Waals surface area contributed by atoms with Crippen molar-refractivity contribution < 1.29 is 9.13 Å². The smallest absolute Gasteiger partial charge is 0.123 e. The van der Waals surface area contributed by atoms with E-state index in [2.05, 4.69) is 4.98 Å². The van der Waals surface area contributed by atoms with Gasteiger partial charge in [0.25, 0.3) is 0 Å². The van der Waals surface area contributed by atoms with Crippen molar-refractivity contribution in [2.24, 2.45) is 0 Å². The maximum Gasteiger partial charge on any atom is 0.123 e. The number of hydrogen-bond donors (Lipinski definition) is 1. The molecule has 0 unspecified atom stereocenters. The standard InChI is InChI=1S/C15H11ClFNO/c16-11-1-6-14-10(8-18-15(14)7-11)9-19-13-4-2-12(17)3-5-13/h1-8,18H,9H2. The molecule has 0 aliphatic rings. The van der Waals surface area contributed by atoms with Crippen molar-refractivity contribution in [3.8, 4) is 5.75 Å². The Kier molecular flexibility index (Phi) is 3.13. The summed E-state index contributed by atoms with van der Waals surface area (Å²) in [6, 6.07) is 11.7. The van der Waals surface area contributed by atoms with E-state index in [1.165, 1.54) is 12.1 Å². The van der Waals surface area contributed by atoms with Gasteiger partial charge in [-0.15, -0.1) is 0 Å². The maximum atomic E-state index is 12.8. The lowest BCUT2D eigenvalue weighted by atomic mass is 10.2. The van der Waals surface area contributed by atoms with Crippen LogP contribution in [0.3, 0.4) is 0 Å². The molecule has 0 saturated carbocycles. The SMILES string of the molecule is Fc1ccc(OCc2c[nH]c3cc(Cl)ccc23)cc1. The summed E-state index contributed by atoms with van der Waals surface area (Å²) >= 11 is 5.93. The number of nitrogens with one attached hydrogen (secondary N) is 1. The lowest BCUT2D eigenvalue weighted by Gasteiger charge is -2.05. The van der Waals surface area contributed by atoms with Crippen molar-refractivity contribution in [1.29, 1.82) is 0 Å². The molecule has 96 valence electrons. The molecule has 0 bridgehead atoms. The van der Waals surface area contributed by atoms with E-state index < -0.39 is 0 Å². The summed E-state index contributed by atoms with van der Waals surface area (Å²) in [7, 11) is 0. The van der Waals surface area contributed by atoms with Crippen molar-refractivity contribution in [2.45, 2.75) is 6.61 Å². The number of hydrogen-bond acceptors (Lipinski definition) is 1. The third-order valence-corrected chi connectivity index (χ3v) is 3.17. The van der Waals surface area contributed by atoms with Gasteiger partial charge in [-0.2, -0.15) is 0 Å². The molecule has 0 atom stereocenters. The summed E-state index contributed by atoms with van der Waals surface area (Å²) in [6.45, 7) is 0.424. The highest BCUT2D eigenvalue weighted by Crippen LogP contribution is 2.23. The Morgan fingerprint density at radius 2 is 1.89 bits per heavy atom. The Morgan fingerprint density at radius 1 is 1.11 bits per heavy atom. The normalized spacial score (nSPS) is 10.8. The van der Waals surface area contributed by atoms with Gasteiger partial charge in [0.05, 0.1) is 0 Å². The predicted molar refractivity (Wildman–Crippen MR) is 74.0 cm³/mol. The van der Waals surface area contributed by atoms with Crippen molar-refractivity contribution in [3.05, 3.63) is 65.1 Å². The van der Waals surface area contributed by atoms with Gasteiger partial charge in [0.15, 0.2) is 0 Å². The van der Waals surface area contributed by atoms with Crippen LogP contribution in [0.1, 0.15) is 5.56 Å². The first-order valence-corrected chi connectivity index (χ1v) is 6.24. The first kappa shape index (κ1) is 12.1. The number of fused-ring (bicyclic) bond motifs is 1. The Labute approximate surface area is 114 Å². The second-order valence-corrected chi connectivity index (χ2v) is 4.68. The highest BCUT2D eigenvalue weighted by Gasteiger charge is 2.05. The molecule has 0 amide bonds. The van der Waals surface area contributed by atoms with Gasteiger partial charge in [-0.1, -0.05) is 17.7 Å². The fourth-order valence-corrected chi connectivity index (χ4v) is 2.14. The van der Waals surface area contributed by atoms with E-state index in [1.807, 2.05) is 24.4 Å².